The van der Waals surface area contributed by atoms with Gasteiger partial charge in [-0.25, -0.2) is 0 Å². The quantitative estimate of drug-likeness (QED) is 0.861. The predicted octanol–water partition coefficient (Wildman–Crippen LogP) is 4.12. The van der Waals surface area contributed by atoms with Crippen LogP contribution in [0.5, 0.6) is 0 Å². The van der Waals surface area contributed by atoms with Crippen LogP contribution in [0.15, 0.2) is 29.2 Å². The van der Waals surface area contributed by atoms with Crippen molar-refractivity contribution in [3.8, 4) is 11.3 Å². The Morgan fingerprint density at radius 1 is 1.05 bits per heavy atom. The lowest BCUT2D eigenvalue weighted by Gasteiger charge is -2.11. The standard InChI is InChI=1S/C14H15F2N3S/c1-8-9(2)13(17-3)19-18-12(8)10-4-6-11(7-5-10)20-14(15)16/h4-7,14H,1-3H3,(H,17,19). The van der Waals surface area contributed by atoms with Gasteiger partial charge in [0.2, 0.25) is 0 Å². The van der Waals surface area contributed by atoms with Gasteiger partial charge in [0.15, 0.2) is 5.82 Å². The molecule has 3 nitrogen and oxygen atoms in total. The molecule has 0 aliphatic carbocycles. The number of alkyl halides is 2. The SMILES string of the molecule is CNc1nnc(-c2ccc(SC(F)F)cc2)c(C)c1C. The number of halogens is 2. The number of nitrogens with zero attached hydrogens (tertiary/aromatic N) is 2. The van der Waals surface area contributed by atoms with Crippen molar-refractivity contribution in [1.82, 2.24) is 10.2 Å². The highest BCUT2D eigenvalue weighted by atomic mass is 32.2. The zero-order valence-electron chi connectivity index (χ0n) is 11.4. The van der Waals surface area contributed by atoms with Gasteiger partial charge in [-0.2, -0.15) is 8.78 Å². The number of hydrogen-bond acceptors (Lipinski definition) is 4. The average molecular weight is 295 g/mol. The van der Waals surface area contributed by atoms with Crippen LogP contribution in [-0.2, 0) is 0 Å². The predicted molar refractivity (Wildman–Crippen MR) is 78.3 cm³/mol. The van der Waals surface area contributed by atoms with E-state index in [0.717, 1.165) is 28.2 Å². The molecule has 0 unspecified atom stereocenters. The van der Waals surface area contributed by atoms with Gasteiger partial charge in [0, 0.05) is 17.5 Å². The number of aromatic nitrogens is 2. The lowest BCUT2D eigenvalue weighted by atomic mass is 10.0. The summed E-state index contributed by atoms with van der Waals surface area (Å²) < 4.78 is 24.6. The molecular formula is C14H15F2N3S. The number of hydrogen-bond donors (Lipinski definition) is 1. The highest BCUT2D eigenvalue weighted by molar-refractivity contribution is 7.99. The van der Waals surface area contributed by atoms with E-state index in [4.69, 9.17) is 0 Å². The zero-order valence-corrected chi connectivity index (χ0v) is 12.3. The first-order valence-electron chi connectivity index (χ1n) is 6.09. The Balaban J connectivity index is 2.35. The summed E-state index contributed by atoms with van der Waals surface area (Å²) in [7, 11) is 1.80. The lowest BCUT2D eigenvalue weighted by Crippen LogP contribution is -2.02. The van der Waals surface area contributed by atoms with Crippen molar-refractivity contribution in [1.29, 1.82) is 0 Å². The molecule has 6 heteroatoms. The third kappa shape index (κ3) is 3.07. The summed E-state index contributed by atoms with van der Waals surface area (Å²) in [5.41, 5.74) is 3.71. The van der Waals surface area contributed by atoms with Crippen molar-refractivity contribution in [2.75, 3.05) is 12.4 Å². The van der Waals surface area contributed by atoms with Crippen molar-refractivity contribution >= 4 is 17.6 Å². The molecule has 2 aromatic rings. The Labute approximate surface area is 120 Å². The molecule has 0 spiro atoms. The number of anilines is 1. The smallest absolute Gasteiger partial charge is 0.288 e. The molecular weight excluding hydrogens is 280 g/mol. The molecule has 0 amide bonds. The third-order valence-electron chi connectivity index (χ3n) is 3.11. The summed E-state index contributed by atoms with van der Waals surface area (Å²) in [6.07, 6.45) is 0. The van der Waals surface area contributed by atoms with E-state index in [-0.39, 0.29) is 0 Å². The molecule has 1 N–H and O–H groups in total. The summed E-state index contributed by atoms with van der Waals surface area (Å²) in [6, 6.07) is 6.93. The van der Waals surface area contributed by atoms with Gasteiger partial charge in [-0.3, -0.25) is 0 Å². The molecule has 20 heavy (non-hydrogen) atoms. The minimum atomic E-state index is -2.40. The van der Waals surface area contributed by atoms with Crippen LogP contribution >= 0.6 is 11.8 Å². The molecule has 1 aromatic carbocycles. The molecule has 0 aliphatic heterocycles. The van der Waals surface area contributed by atoms with E-state index < -0.39 is 5.76 Å². The highest BCUT2D eigenvalue weighted by Crippen LogP contribution is 2.29. The average Bonchev–Trinajstić information content (AvgIpc) is 2.42. The molecule has 0 aliphatic rings. The first kappa shape index (κ1) is 14.7. The van der Waals surface area contributed by atoms with Crippen molar-refractivity contribution in [3.05, 3.63) is 35.4 Å². The monoisotopic (exact) mass is 295 g/mol. The molecule has 1 aromatic heterocycles. The Kier molecular flexibility index (Phi) is 4.54. The van der Waals surface area contributed by atoms with Crippen molar-refractivity contribution in [3.63, 3.8) is 0 Å². The first-order valence-corrected chi connectivity index (χ1v) is 6.97. The van der Waals surface area contributed by atoms with Gasteiger partial charge in [-0.15, -0.1) is 10.2 Å². The summed E-state index contributed by atoms with van der Waals surface area (Å²) in [5.74, 6) is -1.66. The summed E-state index contributed by atoms with van der Waals surface area (Å²) in [6.45, 7) is 3.95. The second kappa shape index (κ2) is 6.17. The maximum Gasteiger partial charge on any atom is 0.288 e. The Morgan fingerprint density at radius 2 is 1.70 bits per heavy atom. The Hall–Kier alpha value is -1.69. The van der Waals surface area contributed by atoms with Crippen LogP contribution < -0.4 is 5.32 Å². The van der Waals surface area contributed by atoms with E-state index >= 15 is 0 Å². The van der Waals surface area contributed by atoms with Crippen LogP contribution in [0, 0.1) is 13.8 Å². The van der Waals surface area contributed by atoms with Crippen LogP contribution in [0.3, 0.4) is 0 Å². The van der Waals surface area contributed by atoms with Gasteiger partial charge in [-0.05, 0) is 37.1 Å². The van der Waals surface area contributed by atoms with Crippen LogP contribution in [0.4, 0.5) is 14.6 Å². The molecule has 2 rings (SSSR count). The molecule has 0 bridgehead atoms. The highest BCUT2D eigenvalue weighted by Gasteiger charge is 2.11. The summed E-state index contributed by atoms with van der Waals surface area (Å²) in [5, 5.41) is 11.3. The lowest BCUT2D eigenvalue weighted by molar-refractivity contribution is 0.252. The number of rotatable bonds is 4. The normalized spacial score (nSPS) is 10.9. The van der Waals surface area contributed by atoms with Crippen LogP contribution in [0.1, 0.15) is 11.1 Å². The van der Waals surface area contributed by atoms with E-state index in [9.17, 15) is 8.78 Å². The van der Waals surface area contributed by atoms with Crippen LogP contribution in [0.2, 0.25) is 0 Å². The fourth-order valence-electron chi connectivity index (χ4n) is 1.91. The van der Waals surface area contributed by atoms with E-state index in [0.29, 0.717) is 16.7 Å². The van der Waals surface area contributed by atoms with Crippen molar-refractivity contribution in [2.45, 2.75) is 24.5 Å². The van der Waals surface area contributed by atoms with Crippen LogP contribution in [-0.4, -0.2) is 23.0 Å². The zero-order chi connectivity index (χ0) is 14.7. The number of nitrogens with one attached hydrogen (secondary N) is 1. The minimum Gasteiger partial charge on any atom is -0.371 e. The van der Waals surface area contributed by atoms with Gasteiger partial charge < -0.3 is 5.32 Å². The van der Waals surface area contributed by atoms with Gasteiger partial charge >= 0.3 is 0 Å². The summed E-state index contributed by atoms with van der Waals surface area (Å²) in [4.78, 5) is 0.540. The molecule has 106 valence electrons. The van der Waals surface area contributed by atoms with E-state index in [1.807, 2.05) is 13.8 Å². The molecule has 0 atom stereocenters. The molecule has 0 fully saturated rings. The van der Waals surface area contributed by atoms with E-state index in [1.54, 1.807) is 31.3 Å². The topological polar surface area (TPSA) is 37.8 Å². The Morgan fingerprint density at radius 3 is 2.25 bits per heavy atom. The fraction of sp³-hybridized carbons (Fsp3) is 0.286. The number of thioether (sulfide) groups is 1. The first-order chi connectivity index (χ1) is 9.52. The number of benzene rings is 1. The second-order valence-electron chi connectivity index (χ2n) is 4.30. The molecule has 0 radical (unpaired) electrons. The van der Waals surface area contributed by atoms with Gasteiger partial charge in [-0.1, -0.05) is 23.9 Å². The van der Waals surface area contributed by atoms with Crippen molar-refractivity contribution in [2.24, 2.45) is 0 Å². The third-order valence-corrected chi connectivity index (χ3v) is 3.84. The van der Waals surface area contributed by atoms with Crippen LogP contribution in [0.25, 0.3) is 11.3 Å². The summed E-state index contributed by atoms with van der Waals surface area (Å²) >= 11 is 0.536. The van der Waals surface area contributed by atoms with Gasteiger partial charge in [0.05, 0.1) is 5.69 Å². The maximum atomic E-state index is 12.3. The maximum absolute atomic E-state index is 12.3. The van der Waals surface area contributed by atoms with Gasteiger partial charge in [0.25, 0.3) is 5.76 Å². The second-order valence-corrected chi connectivity index (χ2v) is 5.36. The van der Waals surface area contributed by atoms with Gasteiger partial charge in [0.1, 0.15) is 0 Å². The molecule has 1 heterocycles. The Bertz CT molecular complexity index is 600. The molecule has 0 saturated heterocycles. The largest absolute Gasteiger partial charge is 0.371 e. The van der Waals surface area contributed by atoms with E-state index in [1.165, 1.54) is 0 Å². The minimum absolute atomic E-state index is 0.536. The fourth-order valence-corrected chi connectivity index (χ4v) is 2.41. The van der Waals surface area contributed by atoms with Crippen molar-refractivity contribution < 1.29 is 8.78 Å². The van der Waals surface area contributed by atoms with E-state index in [2.05, 4.69) is 15.5 Å². The molecule has 0 saturated carbocycles.